The third kappa shape index (κ3) is 3.61. The van der Waals surface area contributed by atoms with E-state index >= 15 is 0 Å². The molecular weight excluding hydrogens is 242 g/mol. The average Bonchev–Trinajstić information content (AvgIpc) is 2.29. The summed E-state index contributed by atoms with van der Waals surface area (Å²) in [5.41, 5.74) is 0.132. The van der Waals surface area contributed by atoms with Gasteiger partial charge >= 0.3 is 5.97 Å². The van der Waals surface area contributed by atoms with E-state index in [4.69, 9.17) is 11.6 Å². The zero-order chi connectivity index (χ0) is 13.1. The van der Waals surface area contributed by atoms with Crippen LogP contribution in [-0.4, -0.2) is 30.3 Å². The van der Waals surface area contributed by atoms with Crippen molar-refractivity contribution in [3.05, 3.63) is 28.8 Å². The highest BCUT2D eigenvalue weighted by atomic mass is 35.5. The summed E-state index contributed by atoms with van der Waals surface area (Å²) in [7, 11) is 1.23. The fourth-order valence-corrected chi connectivity index (χ4v) is 1.52. The van der Waals surface area contributed by atoms with E-state index in [1.165, 1.54) is 14.0 Å². The number of nitrogens with one attached hydrogen (secondary N) is 1. The number of ether oxygens (including phenoxy) is 1. The number of carbonyl (C=O) groups is 1. The van der Waals surface area contributed by atoms with Crippen LogP contribution in [0, 0.1) is 6.92 Å². The van der Waals surface area contributed by atoms with Crippen LogP contribution < -0.4 is 5.32 Å². The molecule has 4 nitrogen and oxygen atoms in total. The number of anilines is 1. The largest absolute Gasteiger partial charge is 0.467 e. The molecular formula is C12H16ClNO3. The number of benzene rings is 1. The van der Waals surface area contributed by atoms with Crippen LogP contribution in [0.1, 0.15) is 12.5 Å². The van der Waals surface area contributed by atoms with Gasteiger partial charge in [-0.1, -0.05) is 17.7 Å². The second kappa shape index (κ2) is 5.38. The molecule has 1 aromatic carbocycles. The van der Waals surface area contributed by atoms with Gasteiger partial charge in [0.1, 0.15) is 0 Å². The number of hydrogen-bond donors (Lipinski definition) is 2. The van der Waals surface area contributed by atoms with Gasteiger partial charge < -0.3 is 15.2 Å². The van der Waals surface area contributed by atoms with E-state index in [1.54, 1.807) is 6.07 Å². The molecule has 1 atom stereocenters. The maximum absolute atomic E-state index is 11.3. The summed E-state index contributed by atoms with van der Waals surface area (Å²) in [5, 5.41) is 13.3. The number of hydrogen-bond acceptors (Lipinski definition) is 4. The SMILES string of the molecule is COC(=O)C(C)(O)CNc1cc(C)ccc1Cl. The van der Waals surface area contributed by atoms with Crippen molar-refractivity contribution in [2.24, 2.45) is 0 Å². The predicted molar refractivity (Wildman–Crippen MR) is 67.3 cm³/mol. The summed E-state index contributed by atoms with van der Waals surface area (Å²) >= 11 is 5.98. The predicted octanol–water partition coefficient (Wildman–Crippen LogP) is 1.98. The first kappa shape index (κ1) is 13.8. The van der Waals surface area contributed by atoms with Crippen molar-refractivity contribution in [1.82, 2.24) is 0 Å². The lowest BCUT2D eigenvalue weighted by molar-refractivity contribution is -0.158. The molecule has 0 aliphatic heterocycles. The monoisotopic (exact) mass is 257 g/mol. The first-order valence-electron chi connectivity index (χ1n) is 5.17. The molecule has 0 saturated heterocycles. The smallest absolute Gasteiger partial charge is 0.339 e. The van der Waals surface area contributed by atoms with Crippen molar-refractivity contribution < 1.29 is 14.6 Å². The van der Waals surface area contributed by atoms with E-state index in [0.29, 0.717) is 10.7 Å². The Bertz CT molecular complexity index is 418. The quantitative estimate of drug-likeness (QED) is 0.810. The lowest BCUT2D eigenvalue weighted by Crippen LogP contribution is -2.42. The molecule has 1 aromatic rings. The zero-order valence-corrected chi connectivity index (χ0v) is 10.8. The van der Waals surface area contributed by atoms with Gasteiger partial charge in [-0.2, -0.15) is 0 Å². The van der Waals surface area contributed by atoms with Crippen LogP contribution in [0.4, 0.5) is 5.69 Å². The number of methoxy groups -OCH3 is 1. The van der Waals surface area contributed by atoms with E-state index in [-0.39, 0.29) is 6.54 Å². The Morgan fingerprint density at radius 1 is 1.59 bits per heavy atom. The van der Waals surface area contributed by atoms with Crippen molar-refractivity contribution in [1.29, 1.82) is 0 Å². The molecule has 0 saturated carbocycles. The van der Waals surface area contributed by atoms with Crippen LogP contribution in [0.15, 0.2) is 18.2 Å². The van der Waals surface area contributed by atoms with Crippen LogP contribution in [-0.2, 0) is 9.53 Å². The molecule has 2 N–H and O–H groups in total. The summed E-state index contributed by atoms with van der Waals surface area (Å²) in [4.78, 5) is 11.3. The van der Waals surface area contributed by atoms with Crippen molar-refractivity contribution in [3.63, 3.8) is 0 Å². The molecule has 0 aromatic heterocycles. The minimum atomic E-state index is -1.58. The van der Waals surface area contributed by atoms with Crippen molar-refractivity contribution in [2.75, 3.05) is 19.0 Å². The van der Waals surface area contributed by atoms with E-state index in [0.717, 1.165) is 5.56 Å². The van der Waals surface area contributed by atoms with E-state index in [9.17, 15) is 9.90 Å². The summed E-state index contributed by atoms with van der Waals surface area (Å²) in [6.07, 6.45) is 0. The van der Waals surface area contributed by atoms with Crippen LogP contribution in [0.2, 0.25) is 5.02 Å². The Labute approximate surface area is 106 Å². The minimum Gasteiger partial charge on any atom is -0.467 e. The standard InChI is InChI=1S/C12H16ClNO3/c1-8-4-5-9(13)10(6-8)14-7-12(2,16)11(15)17-3/h4-6,14,16H,7H2,1-3H3. The molecule has 5 heteroatoms. The van der Waals surface area contributed by atoms with E-state index in [2.05, 4.69) is 10.1 Å². The van der Waals surface area contributed by atoms with Crippen LogP contribution in [0.5, 0.6) is 0 Å². The molecule has 0 radical (unpaired) electrons. The highest BCUT2D eigenvalue weighted by Crippen LogP contribution is 2.23. The molecule has 17 heavy (non-hydrogen) atoms. The van der Waals surface area contributed by atoms with Gasteiger partial charge in [-0.05, 0) is 31.5 Å². The topological polar surface area (TPSA) is 58.6 Å². The van der Waals surface area contributed by atoms with Crippen molar-refractivity contribution >= 4 is 23.3 Å². The molecule has 1 rings (SSSR count). The Kier molecular flexibility index (Phi) is 4.37. The van der Waals surface area contributed by atoms with Gasteiger partial charge in [0.2, 0.25) is 0 Å². The van der Waals surface area contributed by atoms with Gasteiger partial charge in [0.05, 0.1) is 24.4 Å². The molecule has 0 heterocycles. The van der Waals surface area contributed by atoms with Crippen LogP contribution in [0.25, 0.3) is 0 Å². The van der Waals surface area contributed by atoms with Crippen molar-refractivity contribution in [2.45, 2.75) is 19.4 Å². The summed E-state index contributed by atoms with van der Waals surface area (Å²) in [6, 6.07) is 5.48. The lowest BCUT2D eigenvalue weighted by atomic mass is 10.1. The van der Waals surface area contributed by atoms with E-state index in [1.807, 2.05) is 19.1 Å². The number of rotatable bonds is 4. The molecule has 0 amide bonds. The number of carbonyl (C=O) groups excluding carboxylic acids is 1. The van der Waals surface area contributed by atoms with Gasteiger partial charge in [0.25, 0.3) is 0 Å². The number of esters is 1. The maximum atomic E-state index is 11.3. The average molecular weight is 258 g/mol. The molecule has 0 aliphatic carbocycles. The second-order valence-electron chi connectivity index (χ2n) is 4.10. The third-order valence-corrected chi connectivity index (χ3v) is 2.70. The molecule has 1 unspecified atom stereocenters. The summed E-state index contributed by atoms with van der Waals surface area (Å²) in [6.45, 7) is 3.35. The Morgan fingerprint density at radius 3 is 2.82 bits per heavy atom. The first-order valence-corrected chi connectivity index (χ1v) is 5.55. The van der Waals surface area contributed by atoms with Gasteiger partial charge in [-0.3, -0.25) is 0 Å². The molecule has 0 spiro atoms. The molecule has 0 bridgehead atoms. The van der Waals surface area contributed by atoms with Crippen LogP contribution in [0.3, 0.4) is 0 Å². The number of aliphatic hydroxyl groups is 1. The maximum Gasteiger partial charge on any atom is 0.339 e. The summed E-state index contributed by atoms with van der Waals surface area (Å²) in [5.74, 6) is -0.686. The fourth-order valence-electron chi connectivity index (χ4n) is 1.33. The Balaban J connectivity index is 2.73. The minimum absolute atomic E-state index is 0.0306. The second-order valence-corrected chi connectivity index (χ2v) is 4.51. The molecule has 0 fully saturated rings. The fraction of sp³-hybridized carbons (Fsp3) is 0.417. The highest BCUT2D eigenvalue weighted by Gasteiger charge is 2.31. The number of halogens is 1. The zero-order valence-electron chi connectivity index (χ0n) is 10.1. The van der Waals surface area contributed by atoms with Crippen molar-refractivity contribution in [3.8, 4) is 0 Å². The Hall–Kier alpha value is -1.26. The number of aryl methyl sites for hydroxylation is 1. The summed E-state index contributed by atoms with van der Waals surface area (Å²) < 4.78 is 4.50. The first-order chi connectivity index (χ1) is 7.86. The van der Waals surface area contributed by atoms with Gasteiger partial charge in [0, 0.05) is 0 Å². The van der Waals surface area contributed by atoms with Crippen LogP contribution >= 0.6 is 11.6 Å². The lowest BCUT2D eigenvalue weighted by Gasteiger charge is -2.21. The van der Waals surface area contributed by atoms with E-state index < -0.39 is 11.6 Å². The van der Waals surface area contributed by atoms with Gasteiger partial charge in [0.15, 0.2) is 5.60 Å². The van der Waals surface area contributed by atoms with Gasteiger partial charge in [-0.15, -0.1) is 0 Å². The molecule has 94 valence electrons. The highest BCUT2D eigenvalue weighted by molar-refractivity contribution is 6.33. The van der Waals surface area contributed by atoms with Gasteiger partial charge in [-0.25, -0.2) is 4.79 Å². The third-order valence-electron chi connectivity index (χ3n) is 2.37. The normalized spacial score (nSPS) is 13.9. The molecule has 0 aliphatic rings. The Morgan fingerprint density at radius 2 is 2.24 bits per heavy atom.